The maximum Gasteiger partial charge on any atom is 0.0837 e. The molecular weight excluding hydrogens is 200 g/mol. The van der Waals surface area contributed by atoms with Crippen molar-refractivity contribution in [3.8, 4) is 0 Å². The molecule has 1 unspecified atom stereocenters. The fourth-order valence-electron chi connectivity index (χ4n) is 1.82. The van der Waals surface area contributed by atoms with Crippen LogP contribution in [0.25, 0.3) is 0 Å². The second-order valence-corrected chi connectivity index (χ2v) is 4.08. The third kappa shape index (κ3) is 2.12. The molecule has 0 saturated heterocycles. The summed E-state index contributed by atoms with van der Waals surface area (Å²) in [6.07, 6.45) is 1.90. The van der Waals surface area contributed by atoms with Crippen molar-refractivity contribution in [1.82, 2.24) is 14.8 Å². The molecule has 0 radical (unpaired) electrons. The van der Waals surface area contributed by atoms with Crippen LogP contribution in [-0.4, -0.2) is 14.8 Å². The largest absolute Gasteiger partial charge is 0.319 e. The van der Waals surface area contributed by atoms with Crippen molar-refractivity contribution in [3.63, 3.8) is 0 Å². The van der Waals surface area contributed by atoms with Crippen molar-refractivity contribution in [1.29, 1.82) is 0 Å². The van der Waals surface area contributed by atoms with E-state index in [4.69, 9.17) is 5.73 Å². The van der Waals surface area contributed by atoms with Gasteiger partial charge < -0.3 is 5.73 Å². The zero-order valence-corrected chi connectivity index (χ0v) is 9.81. The van der Waals surface area contributed by atoms with E-state index in [0.29, 0.717) is 0 Å². The van der Waals surface area contributed by atoms with Crippen LogP contribution in [-0.2, 0) is 7.05 Å². The van der Waals surface area contributed by atoms with Gasteiger partial charge in [0.2, 0.25) is 0 Å². The summed E-state index contributed by atoms with van der Waals surface area (Å²) >= 11 is 0. The van der Waals surface area contributed by atoms with E-state index in [1.807, 2.05) is 45.3 Å². The van der Waals surface area contributed by atoms with Crippen LogP contribution in [0.4, 0.5) is 0 Å². The molecule has 2 heterocycles. The minimum atomic E-state index is -0.179. The van der Waals surface area contributed by atoms with Crippen LogP contribution in [0.5, 0.6) is 0 Å². The highest BCUT2D eigenvalue weighted by Gasteiger charge is 2.12. The first-order valence-electron chi connectivity index (χ1n) is 5.26. The lowest BCUT2D eigenvalue weighted by Gasteiger charge is -2.10. The number of aromatic nitrogens is 3. The molecule has 1 atom stereocenters. The second kappa shape index (κ2) is 4.06. The molecule has 0 aliphatic heterocycles. The van der Waals surface area contributed by atoms with Gasteiger partial charge in [-0.1, -0.05) is 0 Å². The van der Waals surface area contributed by atoms with Gasteiger partial charge in [-0.25, -0.2) is 0 Å². The van der Waals surface area contributed by atoms with Crippen molar-refractivity contribution < 1.29 is 0 Å². The highest BCUT2D eigenvalue weighted by Crippen LogP contribution is 2.18. The fourth-order valence-corrected chi connectivity index (χ4v) is 1.82. The van der Waals surface area contributed by atoms with E-state index < -0.39 is 0 Å². The van der Waals surface area contributed by atoms with Gasteiger partial charge in [-0.15, -0.1) is 0 Å². The number of pyridine rings is 1. The Hall–Kier alpha value is -1.68. The lowest BCUT2D eigenvalue weighted by atomic mass is 10.0. The first kappa shape index (κ1) is 10.8. The molecule has 0 aliphatic rings. The average molecular weight is 216 g/mol. The van der Waals surface area contributed by atoms with Crippen LogP contribution in [0.15, 0.2) is 24.4 Å². The molecule has 2 aromatic rings. The highest BCUT2D eigenvalue weighted by atomic mass is 15.3. The summed E-state index contributed by atoms with van der Waals surface area (Å²) in [5.41, 5.74) is 10.1. The summed E-state index contributed by atoms with van der Waals surface area (Å²) in [5.74, 6) is 0. The lowest BCUT2D eigenvalue weighted by Crippen LogP contribution is -2.13. The maximum absolute atomic E-state index is 6.16. The van der Waals surface area contributed by atoms with E-state index in [2.05, 4.69) is 10.1 Å². The minimum Gasteiger partial charge on any atom is -0.319 e. The van der Waals surface area contributed by atoms with Gasteiger partial charge in [0, 0.05) is 24.6 Å². The van der Waals surface area contributed by atoms with Gasteiger partial charge in [0.1, 0.15) is 0 Å². The molecule has 0 fully saturated rings. The van der Waals surface area contributed by atoms with Gasteiger partial charge in [0.15, 0.2) is 0 Å². The Morgan fingerprint density at radius 3 is 2.38 bits per heavy atom. The molecule has 0 amide bonds. The smallest absolute Gasteiger partial charge is 0.0837 e. The monoisotopic (exact) mass is 216 g/mol. The zero-order valence-electron chi connectivity index (χ0n) is 9.81. The van der Waals surface area contributed by atoms with Crippen LogP contribution in [0.3, 0.4) is 0 Å². The topological polar surface area (TPSA) is 56.7 Å². The Bertz CT molecular complexity index is 481. The number of nitrogens with two attached hydrogens (primary N) is 1. The van der Waals surface area contributed by atoms with Gasteiger partial charge in [0.25, 0.3) is 0 Å². The van der Waals surface area contributed by atoms with Crippen LogP contribution < -0.4 is 5.73 Å². The average Bonchev–Trinajstić information content (AvgIpc) is 2.62. The van der Waals surface area contributed by atoms with E-state index in [1.54, 1.807) is 4.68 Å². The summed E-state index contributed by atoms with van der Waals surface area (Å²) in [6.45, 7) is 3.95. The molecule has 0 spiro atoms. The maximum atomic E-state index is 6.16. The van der Waals surface area contributed by atoms with Crippen molar-refractivity contribution >= 4 is 0 Å². The predicted molar refractivity (Wildman–Crippen MR) is 62.9 cm³/mol. The Balaban J connectivity index is 2.37. The summed E-state index contributed by atoms with van der Waals surface area (Å²) in [5, 5.41) is 4.32. The quantitative estimate of drug-likeness (QED) is 0.827. The Labute approximate surface area is 95.1 Å². The molecular formula is C12H16N4. The van der Waals surface area contributed by atoms with Gasteiger partial charge in [-0.05, 0) is 37.6 Å². The van der Waals surface area contributed by atoms with Crippen molar-refractivity contribution in [2.75, 3.05) is 0 Å². The van der Waals surface area contributed by atoms with Crippen LogP contribution >= 0.6 is 0 Å². The fraction of sp³-hybridized carbons (Fsp3) is 0.333. The zero-order chi connectivity index (χ0) is 11.7. The Morgan fingerprint density at radius 2 is 1.88 bits per heavy atom. The summed E-state index contributed by atoms with van der Waals surface area (Å²) < 4.78 is 1.76. The van der Waals surface area contributed by atoms with Crippen molar-refractivity contribution in [2.45, 2.75) is 19.9 Å². The minimum absolute atomic E-state index is 0.179. The lowest BCUT2D eigenvalue weighted by molar-refractivity contribution is 0.714. The normalized spacial score (nSPS) is 12.8. The third-order valence-corrected chi connectivity index (χ3v) is 2.52. The number of nitrogens with zero attached hydrogens (tertiary/aromatic N) is 3. The van der Waals surface area contributed by atoms with E-state index in [9.17, 15) is 0 Å². The van der Waals surface area contributed by atoms with Crippen molar-refractivity contribution in [2.24, 2.45) is 12.8 Å². The standard InChI is InChI=1S/C12H16N4/c1-8-6-10(7-9(2)14-8)12(13)11-4-5-16(3)15-11/h4-7,12H,13H2,1-3H3. The first-order chi connectivity index (χ1) is 7.56. The molecule has 2 N–H and O–H groups in total. The molecule has 4 heteroatoms. The molecule has 16 heavy (non-hydrogen) atoms. The van der Waals surface area contributed by atoms with E-state index in [-0.39, 0.29) is 6.04 Å². The van der Waals surface area contributed by atoms with Gasteiger partial charge in [0.05, 0.1) is 11.7 Å². The number of hydrogen-bond donors (Lipinski definition) is 1. The van der Waals surface area contributed by atoms with E-state index in [1.165, 1.54) is 0 Å². The second-order valence-electron chi connectivity index (χ2n) is 4.08. The van der Waals surface area contributed by atoms with Crippen LogP contribution in [0, 0.1) is 13.8 Å². The van der Waals surface area contributed by atoms with E-state index >= 15 is 0 Å². The van der Waals surface area contributed by atoms with E-state index in [0.717, 1.165) is 22.6 Å². The first-order valence-corrected chi connectivity index (χ1v) is 5.26. The van der Waals surface area contributed by atoms with Gasteiger partial charge >= 0.3 is 0 Å². The molecule has 0 aromatic carbocycles. The van der Waals surface area contributed by atoms with Gasteiger partial charge in [-0.3, -0.25) is 9.67 Å². The van der Waals surface area contributed by atoms with Crippen LogP contribution in [0.1, 0.15) is 28.7 Å². The third-order valence-electron chi connectivity index (χ3n) is 2.52. The molecule has 2 aromatic heterocycles. The SMILES string of the molecule is Cc1cc(C(N)c2ccn(C)n2)cc(C)n1. The summed E-state index contributed by atoms with van der Waals surface area (Å²) in [7, 11) is 1.89. The van der Waals surface area contributed by atoms with Crippen LogP contribution in [0.2, 0.25) is 0 Å². The molecule has 4 nitrogen and oxygen atoms in total. The number of aryl methyl sites for hydroxylation is 3. The number of hydrogen-bond acceptors (Lipinski definition) is 3. The molecule has 84 valence electrons. The Morgan fingerprint density at radius 1 is 1.25 bits per heavy atom. The summed E-state index contributed by atoms with van der Waals surface area (Å²) in [4.78, 5) is 4.33. The molecule has 0 saturated carbocycles. The summed E-state index contributed by atoms with van der Waals surface area (Å²) in [6, 6.07) is 5.77. The number of rotatable bonds is 2. The van der Waals surface area contributed by atoms with Gasteiger partial charge in [-0.2, -0.15) is 5.10 Å². The molecule has 0 aliphatic carbocycles. The van der Waals surface area contributed by atoms with Crippen molar-refractivity contribution in [3.05, 3.63) is 47.0 Å². The highest BCUT2D eigenvalue weighted by molar-refractivity contribution is 5.29. The predicted octanol–water partition coefficient (Wildman–Crippen LogP) is 1.48. The molecule has 2 rings (SSSR count). The molecule has 0 bridgehead atoms. The Kier molecular flexibility index (Phi) is 2.75.